The van der Waals surface area contributed by atoms with Crippen molar-refractivity contribution in [3.63, 3.8) is 0 Å². The van der Waals surface area contributed by atoms with Crippen LogP contribution in [0.4, 0.5) is 0 Å². The molecule has 0 radical (unpaired) electrons. The van der Waals surface area contributed by atoms with Crippen molar-refractivity contribution < 1.29 is 19.4 Å². The van der Waals surface area contributed by atoms with Gasteiger partial charge in [0.05, 0.1) is 12.7 Å². The number of hydrogen-bond donors (Lipinski definition) is 1. The first-order valence-corrected chi connectivity index (χ1v) is 5.58. The van der Waals surface area contributed by atoms with Crippen LogP contribution in [0.5, 0.6) is 5.75 Å². The molecule has 1 atom stereocenters. The van der Waals surface area contributed by atoms with Gasteiger partial charge in [-0.15, -0.1) is 0 Å². The number of benzene rings is 1. The highest BCUT2D eigenvalue weighted by Crippen LogP contribution is 2.16. The van der Waals surface area contributed by atoms with Crippen LogP contribution in [0.25, 0.3) is 0 Å². The summed E-state index contributed by atoms with van der Waals surface area (Å²) in [6.45, 7) is 2.41. The summed E-state index contributed by atoms with van der Waals surface area (Å²) in [5.74, 6) is -0.0500. The highest BCUT2D eigenvalue weighted by Gasteiger charge is 2.07. The Balaban J connectivity index is 2.49. The van der Waals surface area contributed by atoms with Crippen molar-refractivity contribution in [2.45, 2.75) is 32.5 Å². The summed E-state index contributed by atoms with van der Waals surface area (Å²) < 4.78 is 10.7. The van der Waals surface area contributed by atoms with Crippen molar-refractivity contribution in [2.24, 2.45) is 0 Å². The van der Waals surface area contributed by atoms with E-state index in [1.807, 2.05) is 31.2 Å². The number of hydrogen-bond acceptors (Lipinski definition) is 3. The van der Waals surface area contributed by atoms with Gasteiger partial charge < -0.3 is 14.6 Å². The molecule has 4 heteroatoms. The average Bonchev–Trinajstić information content (AvgIpc) is 2.27. The van der Waals surface area contributed by atoms with Gasteiger partial charge in [-0.25, -0.2) is 0 Å². The zero-order valence-corrected chi connectivity index (χ0v) is 10.2. The Labute approximate surface area is 101 Å². The maximum atomic E-state index is 10.4. The van der Waals surface area contributed by atoms with Gasteiger partial charge in [-0.3, -0.25) is 4.79 Å². The Morgan fingerprint density at radius 3 is 2.88 bits per heavy atom. The van der Waals surface area contributed by atoms with E-state index in [-0.39, 0.29) is 12.5 Å². The molecule has 0 saturated heterocycles. The molecule has 0 aromatic heterocycles. The largest absolute Gasteiger partial charge is 0.491 e. The van der Waals surface area contributed by atoms with E-state index in [1.54, 1.807) is 7.11 Å². The topological polar surface area (TPSA) is 55.8 Å². The van der Waals surface area contributed by atoms with Gasteiger partial charge in [0, 0.05) is 13.5 Å². The summed E-state index contributed by atoms with van der Waals surface area (Å²) in [5, 5.41) is 8.57. The number of carbonyl (C=O) groups is 1. The van der Waals surface area contributed by atoms with Gasteiger partial charge in [-0.1, -0.05) is 12.1 Å². The van der Waals surface area contributed by atoms with E-state index in [4.69, 9.17) is 14.6 Å². The maximum absolute atomic E-state index is 10.4. The molecule has 0 bridgehead atoms. The van der Waals surface area contributed by atoms with E-state index < -0.39 is 5.97 Å². The van der Waals surface area contributed by atoms with E-state index in [0.717, 1.165) is 11.3 Å². The first-order valence-electron chi connectivity index (χ1n) is 5.58. The molecule has 0 heterocycles. The second-order valence-corrected chi connectivity index (χ2v) is 3.94. The summed E-state index contributed by atoms with van der Waals surface area (Å²) in [4.78, 5) is 10.4. The summed E-state index contributed by atoms with van der Waals surface area (Å²) in [6, 6.07) is 7.61. The van der Waals surface area contributed by atoms with E-state index in [0.29, 0.717) is 13.0 Å². The molecule has 1 N–H and O–H groups in total. The Bertz CT molecular complexity index is 362. The van der Waals surface area contributed by atoms with Crippen LogP contribution >= 0.6 is 0 Å². The summed E-state index contributed by atoms with van der Waals surface area (Å²) >= 11 is 0. The average molecular weight is 238 g/mol. The van der Waals surface area contributed by atoms with Gasteiger partial charge in [0.25, 0.3) is 0 Å². The van der Waals surface area contributed by atoms with Crippen molar-refractivity contribution >= 4 is 5.97 Å². The minimum absolute atomic E-state index is 0.108. The SMILES string of the molecule is COCc1cccc(OC(C)CCC(=O)O)c1. The van der Waals surface area contributed by atoms with Gasteiger partial charge in [0.2, 0.25) is 0 Å². The van der Waals surface area contributed by atoms with Crippen LogP contribution in [0.2, 0.25) is 0 Å². The summed E-state index contributed by atoms with van der Waals surface area (Å²) in [6.07, 6.45) is 0.520. The third kappa shape index (κ3) is 5.36. The number of carboxylic acid groups (broad SMARTS) is 1. The van der Waals surface area contributed by atoms with Gasteiger partial charge >= 0.3 is 5.97 Å². The molecule has 0 aliphatic carbocycles. The fourth-order valence-corrected chi connectivity index (χ4v) is 1.49. The lowest BCUT2D eigenvalue weighted by Gasteiger charge is -2.14. The van der Waals surface area contributed by atoms with E-state index in [2.05, 4.69) is 0 Å². The van der Waals surface area contributed by atoms with Crippen LogP contribution < -0.4 is 4.74 Å². The van der Waals surface area contributed by atoms with Crippen LogP contribution in [-0.4, -0.2) is 24.3 Å². The van der Waals surface area contributed by atoms with E-state index in [1.165, 1.54) is 0 Å². The monoisotopic (exact) mass is 238 g/mol. The molecule has 1 unspecified atom stereocenters. The first kappa shape index (κ1) is 13.5. The van der Waals surface area contributed by atoms with Gasteiger partial charge in [0.1, 0.15) is 5.75 Å². The highest BCUT2D eigenvalue weighted by molar-refractivity contribution is 5.66. The third-order valence-corrected chi connectivity index (χ3v) is 2.31. The Hall–Kier alpha value is -1.55. The molecule has 0 saturated carbocycles. The fraction of sp³-hybridized carbons (Fsp3) is 0.462. The van der Waals surface area contributed by atoms with Crippen LogP contribution in [0, 0.1) is 0 Å². The molecule has 94 valence electrons. The van der Waals surface area contributed by atoms with Crippen molar-refractivity contribution in [1.29, 1.82) is 0 Å². The Morgan fingerprint density at radius 1 is 1.47 bits per heavy atom. The van der Waals surface area contributed by atoms with Gasteiger partial charge in [-0.05, 0) is 31.0 Å². The third-order valence-electron chi connectivity index (χ3n) is 2.31. The molecular formula is C13H18O4. The van der Waals surface area contributed by atoms with Crippen molar-refractivity contribution in [1.82, 2.24) is 0 Å². The van der Waals surface area contributed by atoms with Crippen molar-refractivity contribution in [3.05, 3.63) is 29.8 Å². The summed E-state index contributed by atoms with van der Waals surface area (Å²) in [7, 11) is 1.64. The molecule has 1 aromatic carbocycles. The molecule has 1 aromatic rings. The van der Waals surface area contributed by atoms with Crippen LogP contribution in [0.1, 0.15) is 25.3 Å². The van der Waals surface area contributed by atoms with Gasteiger partial charge in [0.15, 0.2) is 0 Å². The van der Waals surface area contributed by atoms with Crippen LogP contribution in [-0.2, 0) is 16.1 Å². The molecule has 0 amide bonds. The molecule has 0 aliphatic rings. The molecule has 4 nitrogen and oxygen atoms in total. The lowest BCUT2D eigenvalue weighted by molar-refractivity contribution is -0.137. The van der Waals surface area contributed by atoms with Crippen LogP contribution in [0.3, 0.4) is 0 Å². The summed E-state index contributed by atoms with van der Waals surface area (Å²) in [5.41, 5.74) is 1.04. The normalized spacial score (nSPS) is 12.1. The highest BCUT2D eigenvalue weighted by atomic mass is 16.5. The fourth-order valence-electron chi connectivity index (χ4n) is 1.49. The smallest absolute Gasteiger partial charge is 0.303 e. The zero-order chi connectivity index (χ0) is 12.7. The van der Waals surface area contributed by atoms with Crippen LogP contribution in [0.15, 0.2) is 24.3 Å². The van der Waals surface area contributed by atoms with Crippen molar-refractivity contribution in [3.8, 4) is 5.75 Å². The maximum Gasteiger partial charge on any atom is 0.303 e. The molecule has 1 rings (SSSR count). The number of carboxylic acids is 1. The standard InChI is InChI=1S/C13H18O4/c1-10(6-7-13(14)15)17-12-5-3-4-11(8-12)9-16-2/h3-5,8,10H,6-7,9H2,1-2H3,(H,14,15). The predicted molar refractivity (Wildman–Crippen MR) is 64.1 cm³/mol. The molecule has 0 fully saturated rings. The number of rotatable bonds is 7. The first-order chi connectivity index (χ1) is 8.11. The van der Waals surface area contributed by atoms with E-state index >= 15 is 0 Å². The number of methoxy groups -OCH3 is 1. The quantitative estimate of drug-likeness (QED) is 0.792. The Morgan fingerprint density at radius 2 is 2.24 bits per heavy atom. The lowest BCUT2D eigenvalue weighted by Crippen LogP contribution is -2.13. The number of aliphatic carboxylic acids is 1. The minimum atomic E-state index is -0.798. The molecule has 0 aliphatic heterocycles. The van der Waals surface area contributed by atoms with Gasteiger partial charge in [-0.2, -0.15) is 0 Å². The predicted octanol–water partition coefficient (Wildman–Crippen LogP) is 2.47. The van der Waals surface area contributed by atoms with E-state index in [9.17, 15) is 4.79 Å². The second-order valence-electron chi connectivity index (χ2n) is 3.94. The minimum Gasteiger partial charge on any atom is -0.491 e. The Kier molecular flexibility index (Phi) is 5.49. The zero-order valence-electron chi connectivity index (χ0n) is 10.2. The lowest BCUT2D eigenvalue weighted by atomic mass is 10.2. The molecular weight excluding hydrogens is 220 g/mol. The molecule has 0 spiro atoms. The second kappa shape index (κ2) is 6.91. The molecule has 17 heavy (non-hydrogen) atoms. The number of ether oxygens (including phenoxy) is 2. The van der Waals surface area contributed by atoms with Crippen molar-refractivity contribution in [2.75, 3.05) is 7.11 Å².